The fraction of sp³-hybridized carbons (Fsp3) is 0.308. The van der Waals surface area contributed by atoms with Gasteiger partial charge in [0.25, 0.3) is 0 Å². The van der Waals surface area contributed by atoms with Gasteiger partial charge in [-0.1, -0.05) is 40.2 Å². The minimum Gasteiger partial charge on any atom is -0.399 e. The number of rotatable bonds is 4. The quantitative estimate of drug-likeness (QED) is 0.631. The molecule has 1 aliphatic rings. The zero-order chi connectivity index (χ0) is 15.3. The van der Waals surface area contributed by atoms with Crippen molar-refractivity contribution in [3.05, 3.63) is 41.6 Å². The van der Waals surface area contributed by atoms with Gasteiger partial charge in [0, 0.05) is 18.2 Å². The highest BCUT2D eigenvalue weighted by Crippen LogP contribution is 2.29. The summed E-state index contributed by atoms with van der Waals surface area (Å²) < 4.78 is 41.4. The summed E-state index contributed by atoms with van der Waals surface area (Å²) >= 11 is 0. The number of oxime groups is 1. The van der Waals surface area contributed by atoms with Crippen LogP contribution in [-0.4, -0.2) is 23.5 Å². The normalized spacial score (nSPS) is 15.8. The molecule has 0 saturated heterocycles. The van der Waals surface area contributed by atoms with E-state index in [1.54, 1.807) is 24.4 Å². The third-order valence-electron chi connectivity index (χ3n) is 2.64. The smallest absolute Gasteiger partial charge is 0.399 e. The highest BCUT2D eigenvalue weighted by atomic mass is 19.4. The van der Waals surface area contributed by atoms with Crippen molar-refractivity contribution >= 4 is 11.8 Å². The Bertz CT molecular complexity index is 612. The van der Waals surface area contributed by atoms with E-state index in [0.29, 0.717) is 18.4 Å². The fourth-order valence-electron chi connectivity index (χ4n) is 1.65. The summed E-state index contributed by atoms with van der Waals surface area (Å²) in [5.74, 6) is -1.45. The first-order valence-corrected chi connectivity index (χ1v) is 6.03. The van der Waals surface area contributed by atoms with Crippen LogP contribution in [0.4, 0.5) is 13.2 Å². The molecule has 0 N–H and O–H groups in total. The predicted molar refractivity (Wildman–Crippen MR) is 69.2 cm³/mol. The van der Waals surface area contributed by atoms with E-state index in [1.807, 2.05) is 6.08 Å². The highest BCUT2D eigenvalue weighted by Gasteiger charge is 2.38. The van der Waals surface area contributed by atoms with Gasteiger partial charge in [-0.05, 0) is 6.42 Å². The van der Waals surface area contributed by atoms with Crippen molar-refractivity contribution in [2.45, 2.75) is 19.0 Å². The van der Waals surface area contributed by atoms with E-state index in [4.69, 9.17) is 0 Å². The van der Waals surface area contributed by atoms with Crippen molar-refractivity contribution < 1.29 is 22.5 Å². The fourth-order valence-corrected chi connectivity index (χ4v) is 1.65. The Morgan fingerprint density at radius 1 is 1.43 bits per heavy atom. The van der Waals surface area contributed by atoms with Crippen LogP contribution in [0.25, 0.3) is 5.57 Å². The summed E-state index contributed by atoms with van der Waals surface area (Å²) in [4.78, 5) is 7.91. The maximum atomic E-state index is 12.4. The van der Waals surface area contributed by atoms with E-state index in [1.165, 1.54) is 7.11 Å². The number of hydrogen-bond donors (Lipinski definition) is 0. The molecule has 0 spiro atoms. The summed E-state index contributed by atoms with van der Waals surface area (Å²) in [6.07, 6.45) is 5.11. The van der Waals surface area contributed by atoms with Crippen molar-refractivity contribution in [2.24, 2.45) is 5.16 Å². The first kappa shape index (κ1) is 15.0. The molecule has 1 heterocycles. The van der Waals surface area contributed by atoms with E-state index in [0.717, 1.165) is 5.57 Å². The lowest BCUT2D eigenvalue weighted by Gasteiger charge is -1.96. The van der Waals surface area contributed by atoms with Crippen molar-refractivity contribution in [2.75, 3.05) is 7.11 Å². The standard InChI is InChI=1S/C13H12F3N3O2/c1-20-17-8-7-9-3-2-4-10(6-5-9)11-18-12(21-19-11)13(14,15)16/h2,4-6,8H,3,7H2,1H3/b17-8+. The number of alkyl halides is 3. The molecular weight excluding hydrogens is 287 g/mol. The average Bonchev–Trinajstić information content (AvgIpc) is 2.81. The topological polar surface area (TPSA) is 60.5 Å². The van der Waals surface area contributed by atoms with Gasteiger partial charge in [0.05, 0.1) is 0 Å². The van der Waals surface area contributed by atoms with Crippen molar-refractivity contribution in [3.8, 4) is 0 Å². The Morgan fingerprint density at radius 2 is 2.24 bits per heavy atom. The molecule has 0 fully saturated rings. The van der Waals surface area contributed by atoms with Crippen LogP contribution in [0.1, 0.15) is 24.6 Å². The van der Waals surface area contributed by atoms with Gasteiger partial charge < -0.3 is 9.36 Å². The average molecular weight is 299 g/mol. The molecule has 0 bridgehead atoms. The van der Waals surface area contributed by atoms with Gasteiger partial charge in [-0.2, -0.15) is 18.2 Å². The molecule has 21 heavy (non-hydrogen) atoms. The third-order valence-corrected chi connectivity index (χ3v) is 2.64. The minimum atomic E-state index is -4.64. The lowest BCUT2D eigenvalue weighted by molar-refractivity contribution is -0.159. The Labute approximate surface area is 118 Å². The maximum absolute atomic E-state index is 12.4. The molecule has 1 aromatic rings. The molecule has 2 rings (SSSR count). The van der Waals surface area contributed by atoms with Crippen LogP contribution in [-0.2, 0) is 11.0 Å². The minimum absolute atomic E-state index is 0.0957. The maximum Gasteiger partial charge on any atom is 0.471 e. The molecule has 0 amide bonds. The van der Waals surface area contributed by atoms with E-state index >= 15 is 0 Å². The van der Waals surface area contributed by atoms with Crippen LogP contribution in [0, 0.1) is 0 Å². The highest BCUT2D eigenvalue weighted by molar-refractivity contribution is 5.72. The lowest BCUT2D eigenvalue weighted by Crippen LogP contribution is -2.05. The summed E-state index contributed by atoms with van der Waals surface area (Å²) in [5.41, 5.74) is 1.48. The molecular formula is C13H12F3N3O2. The van der Waals surface area contributed by atoms with Crippen LogP contribution >= 0.6 is 0 Å². The van der Waals surface area contributed by atoms with Gasteiger partial charge in [0.1, 0.15) is 7.11 Å². The monoisotopic (exact) mass is 299 g/mol. The molecule has 0 radical (unpaired) electrons. The van der Waals surface area contributed by atoms with Gasteiger partial charge in [0.2, 0.25) is 5.82 Å². The van der Waals surface area contributed by atoms with E-state index in [9.17, 15) is 13.2 Å². The first-order valence-electron chi connectivity index (χ1n) is 6.03. The predicted octanol–water partition coefficient (Wildman–Crippen LogP) is 3.38. The Balaban J connectivity index is 2.16. The molecule has 112 valence electrons. The molecule has 0 aromatic carbocycles. The second-order valence-electron chi connectivity index (χ2n) is 4.15. The number of allylic oxidation sites excluding steroid dienone is 6. The number of halogens is 3. The van der Waals surface area contributed by atoms with Gasteiger partial charge in [-0.3, -0.25) is 0 Å². The zero-order valence-corrected chi connectivity index (χ0v) is 11.1. The largest absolute Gasteiger partial charge is 0.471 e. The van der Waals surface area contributed by atoms with Crippen LogP contribution in [0.15, 0.2) is 39.6 Å². The number of aromatic nitrogens is 2. The van der Waals surface area contributed by atoms with Crippen LogP contribution in [0.5, 0.6) is 0 Å². The Kier molecular flexibility index (Phi) is 4.56. The zero-order valence-electron chi connectivity index (χ0n) is 11.1. The summed E-state index contributed by atoms with van der Waals surface area (Å²) in [6, 6.07) is 0. The summed E-state index contributed by atoms with van der Waals surface area (Å²) in [6.45, 7) is 0. The molecule has 0 unspecified atom stereocenters. The van der Waals surface area contributed by atoms with E-state index in [-0.39, 0.29) is 5.82 Å². The van der Waals surface area contributed by atoms with Gasteiger partial charge in [0.15, 0.2) is 0 Å². The molecule has 1 aliphatic carbocycles. The second kappa shape index (κ2) is 6.38. The molecule has 5 nitrogen and oxygen atoms in total. The van der Waals surface area contributed by atoms with Crippen LogP contribution in [0.3, 0.4) is 0 Å². The number of nitrogens with zero attached hydrogens (tertiary/aromatic N) is 3. The SMILES string of the molecule is CO/N=C/CC1=CC=C(c2noc(C(F)(F)F)n2)C=CC1. The Morgan fingerprint density at radius 3 is 2.90 bits per heavy atom. The lowest BCUT2D eigenvalue weighted by atomic mass is 10.1. The van der Waals surface area contributed by atoms with E-state index < -0.39 is 12.1 Å². The van der Waals surface area contributed by atoms with Crippen LogP contribution < -0.4 is 0 Å². The van der Waals surface area contributed by atoms with Gasteiger partial charge in [-0.25, -0.2) is 0 Å². The summed E-state index contributed by atoms with van der Waals surface area (Å²) in [7, 11) is 1.45. The van der Waals surface area contributed by atoms with Gasteiger partial charge >= 0.3 is 12.1 Å². The van der Waals surface area contributed by atoms with Crippen LogP contribution in [0.2, 0.25) is 0 Å². The van der Waals surface area contributed by atoms with Crippen molar-refractivity contribution in [1.29, 1.82) is 0 Å². The second-order valence-corrected chi connectivity index (χ2v) is 4.15. The molecule has 1 aromatic heterocycles. The van der Waals surface area contributed by atoms with E-state index in [2.05, 4.69) is 24.7 Å². The molecule has 0 aliphatic heterocycles. The van der Waals surface area contributed by atoms with Gasteiger partial charge in [-0.15, -0.1) is 0 Å². The molecule has 8 heteroatoms. The van der Waals surface area contributed by atoms with Crippen molar-refractivity contribution in [3.63, 3.8) is 0 Å². The summed E-state index contributed by atoms with van der Waals surface area (Å²) in [5, 5.41) is 6.98. The first-order chi connectivity index (χ1) is 10.0. The molecule has 0 saturated carbocycles. The van der Waals surface area contributed by atoms with Crippen molar-refractivity contribution in [1.82, 2.24) is 10.1 Å². The third kappa shape index (κ3) is 4.04. The molecule has 0 atom stereocenters. The number of hydrogen-bond acceptors (Lipinski definition) is 5. The Hall–Kier alpha value is -2.38.